The zero-order valence-electron chi connectivity index (χ0n) is 10.2. The summed E-state index contributed by atoms with van der Waals surface area (Å²) in [5.41, 5.74) is 0.385. The van der Waals surface area contributed by atoms with Gasteiger partial charge in [0.1, 0.15) is 11.3 Å². The van der Waals surface area contributed by atoms with E-state index in [2.05, 4.69) is 5.32 Å². The lowest BCUT2D eigenvalue weighted by atomic mass is 10.1. The summed E-state index contributed by atoms with van der Waals surface area (Å²) in [4.78, 5) is 24.5. The van der Waals surface area contributed by atoms with Gasteiger partial charge < -0.3 is 10.2 Å². The molecule has 0 unspecified atom stereocenters. The molecule has 0 radical (unpaired) electrons. The monoisotopic (exact) mass is 249 g/mol. The molecule has 0 saturated carbocycles. The van der Waals surface area contributed by atoms with E-state index in [1.807, 2.05) is 0 Å². The van der Waals surface area contributed by atoms with Gasteiger partial charge in [0.2, 0.25) is 0 Å². The fraction of sp³-hybridized carbons (Fsp3) is 0.417. The Morgan fingerprint density at radius 3 is 2.61 bits per heavy atom. The van der Waals surface area contributed by atoms with Crippen LogP contribution in [0.2, 0.25) is 0 Å². The van der Waals surface area contributed by atoms with Crippen LogP contribution in [0.4, 0.5) is 11.4 Å². The van der Waals surface area contributed by atoms with Crippen LogP contribution in [-0.4, -0.2) is 35.9 Å². The number of carbonyl (C=O) groups excluding carboxylic acids is 1. The van der Waals surface area contributed by atoms with Crippen LogP contribution in [0.5, 0.6) is 0 Å². The maximum atomic E-state index is 12.2. The van der Waals surface area contributed by atoms with E-state index >= 15 is 0 Å². The molecule has 1 aromatic carbocycles. The molecule has 6 heteroatoms. The van der Waals surface area contributed by atoms with Crippen molar-refractivity contribution in [1.82, 2.24) is 4.90 Å². The number of carbonyl (C=O) groups is 1. The molecule has 0 aliphatic carbocycles. The predicted octanol–water partition coefficient (Wildman–Crippen LogP) is 1.87. The van der Waals surface area contributed by atoms with Crippen LogP contribution in [0.15, 0.2) is 18.2 Å². The molecule has 0 spiro atoms. The third-order valence-corrected chi connectivity index (χ3v) is 3.11. The van der Waals surface area contributed by atoms with Crippen molar-refractivity contribution in [3.63, 3.8) is 0 Å². The molecule has 2 rings (SSSR count). The highest BCUT2D eigenvalue weighted by atomic mass is 16.6. The molecule has 1 saturated heterocycles. The number of nitro benzene ring substituents is 1. The lowest BCUT2D eigenvalue weighted by Gasteiger charge is -2.15. The lowest BCUT2D eigenvalue weighted by Crippen LogP contribution is -2.28. The zero-order valence-corrected chi connectivity index (χ0v) is 10.2. The summed E-state index contributed by atoms with van der Waals surface area (Å²) < 4.78 is 0. The first-order chi connectivity index (χ1) is 8.65. The molecule has 0 bridgehead atoms. The van der Waals surface area contributed by atoms with E-state index in [0.29, 0.717) is 18.8 Å². The van der Waals surface area contributed by atoms with Gasteiger partial charge in [0.15, 0.2) is 0 Å². The minimum Gasteiger partial charge on any atom is -0.383 e. The quantitative estimate of drug-likeness (QED) is 0.655. The molecule has 1 N–H and O–H groups in total. The summed E-state index contributed by atoms with van der Waals surface area (Å²) in [6, 6.07) is 4.76. The molecule has 1 heterocycles. The number of hydrogen-bond donors (Lipinski definition) is 1. The largest absolute Gasteiger partial charge is 0.383 e. The molecule has 1 aromatic rings. The summed E-state index contributed by atoms with van der Waals surface area (Å²) in [6.45, 7) is 1.36. The molecule has 18 heavy (non-hydrogen) atoms. The van der Waals surface area contributed by atoms with Crippen molar-refractivity contribution in [3.8, 4) is 0 Å². The molecule has 1 amide bonds. The Balaban J connectivity index is 2.42. The van der Waals surface area contributed by atoms with Gasteiger partial charge in [-0.1, -0.05) is 6.07 Å². The van der Waals surface area contributed by atoms with Crippen molar-refractivity contribution in [2.24, 2.45) is 0 Å². The summed E-state index contributed by atoms with van der Waals surface area (Å²) in [5.74, 6) is -0.253. The minimum atomic E-state index is -0.505. The van der Waals surface area contributed by atoms with E-state index in [0.717, 1.165) is 12.8 Å². The SMILES string of the molecule is CNc1cccc(C(=O)N2CCCC2)c1[N+](=O)[O-]. The Hall–Kier alpha value is -2.11. The third kappa shape index (κ3) is 2.13. The van der Waals surface area contributed by atoms with Gasteiger partial charge in [0.25, 0.3) is 5.91 Å². The summed E-state index contributed by atoms with van der Waals surface area (Å²) in [7, 11) is 1.60. The molecule has 0 atom stereocenters. The second-order valence-electron chi connectivity index (χ2n) is 4.21. The zero-order chi connectivity index (χ0) is 13.1. The maximum Gasteiger partial charge on any atom is 0.305 e. The number of nitro groups is 1. The van der Waals surface area contributed by atoms with Gasteiger partial charge in [-0.2, -0.15) is 0 Å². The van der Waals surface area contributed by atoms with Crippen LogP contribution >= 0.6 is 0 Å². The number of nitrogens with one attached hydrogen (secondary N) is 1. The molecule has 6 nitrogen and oxygen atoms in total. The Morgan fingerprint density at radius 1 is 1.39 bits per heavy atom. The van der Waals surface area contributed by atoms with Crippen LogP contribution in [-0.2, 0) is 0 Å². The van der Waals surface area contributed by atoms with E-state index in [1.165, 1.54) is 6.07 Å². The predicted molar refractivity (Wildman–Crippen MR) is 67.8 cm³/mol. The second kappa shape index (κ2) is 5.03. The Kier molecular flexibility index (Phi) is 3.45. The molecule has 1 aliphatic heterocycles. The third-order valence-electron chi connectivity index (χ3n) is 3.11. The van der Waals surface area contributed by atoms with Crippen molar-refractivity contribution >= 4 is 17.3 Å². The highest BCUT2D eigenvalue weighted by Crippen LogP contribution is 2.29. The fourth-order valence-corrected chi connectivity index (χ4v) is 2.21. The van der Waals surface area contributed by atoms with Gasteiger partial charge in [-0.3, -0.25) is 14.9 Å². The van der Waals surface area contributed by atoms with Crippen LogP contribution in [0.1, 0.15) is 23.2 Å². The van der Waals surface area contributed by atoms with Gasteiger partial charge >= 0.3 is 5.69 Å². The van der Waals surface area contributed by atoms with E-state index in [-0.39, 0.29) is 17.2 Å². The fourth-order valence-electron chi connectivity index (χ4n) is 2.21. The van der Waals surface area contributed by atoms with Crippen LogP contribution in [0.25, 0.3) is 0 Å². The number of nitrogens with zero attached hydrogens (tertiary/aromatic N) is 2. The van der Waals surface area contributed by atoms with Crippen molar-refractivity contribution in [2.45, 2.75) is 12.8 Å². The summed E-state index contributed by atoms with van der Waals surface area (Å²) in [6.07, 6.45) is 1.93. The van der Waals surface area contributed by atoms with Crippen molar-refractivity contribution < 1.29 is 9.72 Å². The highest BCUT2D eigenvalue weighted by Gasteiger charge is 2.28. The number of amides is 1. The van der Waals surface area contributed by atoms with E-state index in [4.69, 9.17) is 0 Å². The highest BCUT2D eigenvalue weighted by molar-refractivity contribution is 6.00. The lowest BCUT2D eigenvalue weighted by molar-refractivity contribution is -0.384. The molecule has 96 valence electrons. The molecule has 1 aliphatic rings. The number of hydrogen-bond acceptors (Lipinski definition) is 4. The molecular weight excluding hydrogens is 234 g/mol. The van der Waals surface area contributed by atoms with Crippen LogP contribution in [0, 0.1) is 10.1 Å². The normalized spacial score (nSPS) is 14.6. The minimum absolute atomic E-state index is 0.142. The van der Waals surface area contributed by atoms with Gasteiger partial charge in [-0.15, -0.1) is 0 Å². The molecular formula is C12H15N3O3. The first-order valence-corrected chi connectivity index (χ1v) is 5.89. The first-order valence-electron chi connectivity index (χ1n) is 5.89. The number of para-hydroxylation sites is 1. The molecule has 0 aromatic heterocycles. The van der Waals surface area contributed by atoms with Crippen molar-refractivity contribution in [3.05, 3.63) is 33.9 Å². The van der Waals surface area contributed by atoms with E-state index < -0.39 is 4.92 Å². The van der Waals surface area contributed by atoms with Crippen LogP contribution < -0.4 is 5.32 Å². The van der Waals surface area contributed by atoms with E-state index in [1.54, 1.807) is 24.1 Å². The van der Waals surface area contributed by atoms with Gasteiger partial charge in [-0.05, 0) is 25.0 Å². The Morgan fingerprint density at radius 2 is 2.06 bits per heavy atom. The second-order valence-corrected chi connectivity index (χ2v) is 4.21. The average Bonchev–Trinajstić information content (AvgIpc) is 2.90. The number of rotatable bonds is 3. The van der Waals surface area contributed by atoms with Gasteiger partial charge in [0.05, 0.1) is 4.92 Å². The average molecular weight is 249 g/mol. The standard InChI is InChI=1S/C12H15N3O3/c1-13-10-6-4-5-9(11(10)15(17)18)12(16)14-7-2-3-8-14/h4-6,13H,2-3,7-8H2,1H3. The Labute approximate surface area is 105 Å². The summed E-state index contributed by atoms with van der Waals surface area (Å²) >= 11 is 0. The smallest absolute Gasteiger partial charge is 0.305 e. The number of anilines is 1. The van der Waals surface area contributed by atoms with Crippen molar-refractivity contribution in [1.29, 1.82) is 0 Å². The molecule has 1 fully saturated rings. The first kappa shape index (κ1) is 12.3. The van der Waals surface area contributed by atoms with Crippen LogP contribution in [0.3, 0.4) is 0 Å². The van der Waals surface area contributed by atoms with Gasteiger partial charge in [-0.25, -0.2) is 0 Å². The maximum absolute atomic E-state index is 12.2. The topological polar surface area (TPSA) is 75.5 Å². The number of likely N-dealkylation sites (tertiary alicyclic amines) is 1. The summed E-state index contributed by atoms with van der Waals surface area (Å²) in [5, 5.41) is 13.9. The van der Waals surface area contributed by atoms with Crippen molar-refractivity contribution in [2.75, 3.05) is 25.5 Å². The number of benzene rings is 1. The Bertz CT molecular complexity index is 481. The van der Waals surface area contributed by atoms with Gasteiger partial charge in [0, 0.05) is 20.1 Å². The van der Waals surface area contributed by atoms with E-state index in [9.17, 15) is 14.9 Å².